The Hall–Kier alpha value is -0.570. The molecule has 2 unspecified atom stereocenters. The van der Waals surface area contributed by atoms with Crippen molar-refractivity contribution in [2.45, 2.75) is 84.3 Å². The normalized spacial score (nSPS) is 14.2. The average Bonchev–Trinajstić information content (AvgIpc) is 2.38. The summed E-state index contributed by atoms with van der Waals surface area (Å²) in [6, 6.07) is 0. The monoisotopic (exact) mass is 258 g/mol. The van der Waals surface area contributed by atoms with Gasteiger partial charge in [0, 0.05) is 7.11 Å². The molecule has 3 nitrogen and oxygen atoms in total. The number of carbonyl (C=O) groups is 1. The Labute approximate surface area is 112 Å². The Balaban J connectivity index is 4.05. The van der Waals surface area contributed by atoms with E-state index in [-0.39, 0.29) is 18.2 Å². The molecule has 0 N–H and O–H groups in total. The average molecular weight is 258 g/mol. The van der Waals surface area contributed by atoms with E-state index in [1.807, 2.05) is 0 Å². The summed E-state index contributed by atoms with van der Waals surface area (Å²) in [6.45, 7) is 6.36. The van der Waals surface area contributed by atoms with Crippen LogP contribution in [0.25, 0.3) is 0 Å². The Morgan fingerprint density at radius 3 is 2.17 bits per heavy atom. The van der Waals surface area contributed by atoms with E-state index < -0.39 is 0 Å². The van der Waals surface area contributed by atoms with Crippen molar-refractivity contribution in [1.82, 2.24) is 0 Å². The van der Waals surface area contributed by atoms with Crippen LogP contribution in [0.3, 0.4) is 0 Å². The molecule has 0 radical (unpaired) electrons. The maximum absolute atomic E-state index is 11.9. The molecule has 0 saturated heterocycles. The predicted octanol–water partition coefficient (Wildman–Crippen LogP) is 4.09. The molecule has 108 valence electrons. The summed E-state index contributed by atoms with van der Waals surface area (Å²) >= 11 is 0. The number of methoxy groups -OCH3 is 1. The van der Waals surface area contributed by atoms with Crippen LogP contribution in [-0.4, -0.2) is 25.3 Å². The molecule has 0 fully saturated rings. The Morgan fingerprint density at radius 2 is 1.67 bits per heavy atom. The standard InChI is InChI=1S/C15H30O3/c1-5-8-10-11-13(7-3)18-15(16)14(17-4)12-9-6-2/h13-14H,5-12H2,1-4H3. The number of unbranched alkanes of at least 4 members (excludes halogenated alkanes) is 3. The number of rotatable bonds is 11. The van der Waals surface area contributed by atoms with Crippen molar-refractivity contribution in [2.24, 2.45) is 0 Å². The van der Waals surface area contributed by atoms with Crippen LogP contribution in [0, 0.1) is 0 Å². The van der Waals surface area contributed by atoms with Gasteiger partial charge in [0.05, 0.1) is 0 Å². The van der Waals surface area contributed by atoms with Crippen molar-refractivity contribution in [3.05, 3.63) is 0 Å². The second-order valence-electron chi connectivity index (χ2n) is 4.83. The van der Waals surface area contributed by atoms with E-state index in [1.165, 1.54) is 12.8 Å². The van der Waals surface area contributed by atoms with Gasteiger partial charge in [-0.15, -0.1) is 0 Å². The highest BCUT2D eigenvalue weighted by molar-refractivity contribution is 5.74. The molecule has 0 aliphatic rings. The van der Waals surface area contributed by atoms with E-state index in [2.05, 4.69) is 20.8 Å². The SMILES string of the molecule is CCCCCC(CC)OC(=O)C(CCCC)OC. The van der Waals surface area contributed by atoms with Crippen LogP contribution in [0.15, 0.2) is 0 Å². The number of carbonyl (C=O) groups excluding carboxylic acids is 1. The van der Waals surface area contributed by atoms with E-state index in [4.69, 9.17) is 9.47 Å². The van der Waals surface area contributed by atoms with E-state index in [1.54, 1.807) is 7.11 Å². The molecule has 0 amide bonds. The van der Waals surface area contributed by atoms with E-state index in [0.29, 0.717) is 0 Å². The number of esters is 1. The number of hydrogen-bond donors (Lipinski definition) is 0. The fourth-order valence-corrected chi connectivity index (χ4v) is 1.93. The largest absolute Gasteiger partial charge is 0.460 e. The Morgan fingerprint density at radius 1 is 1.00 bits per heavy atom. The summed E-state index contributed by atoms with van der Waals surface area (Å²) < 4.78 is 10.7. The van der Waals surface area contributed by atoms with Crippen molar-refractivity contribution in [2.75, 3.05) is 7.11 Å². The third-order valence-electron chi connectivity index (χ3n) is 3.24. The first kappa shape index (κ1) is 17.4. The molecule has 0 aromatic rings. The van der Waals surface area contributed by atoms with Crippen molar-refractivity contribution < 1.29 is 14.3 Å². The van der Waals surface area contributed by atoms with Gasteiger partial charge in [-0.2, -0.15) is 0 Å². The molecule has 2 atom stereocenters. The number of ether oxygens (including phenoxy) is 2. The summed E-state index contributed by atoms with van der Waals surface area (Å²) in [5.74, 6) is -0.186. The zero-order valence-electron chi connectivity index (χ0n) is 12.5. The molecular formula is C15H30O3. The summed E-state index contributed by atoms with van der Waals surface area (Å²) in [5.41, 5.74) is 0. The van der Waals surface area contributed by atoms with Gasteiger partial charge in [-0.25, -0.2) is 4.79 Å². The van der Waals surface area contributed by atoms with Gasteiger partial charge >= 0.3 is 5.97 Å². The molecule has 0 aromatic carbocycles. The summed E-state index contributed by atoms with van der Waals surface area (Å²) in [4.78, 5) is 11.9. The van der Waals surface area contributed by atoms with Crippen LogP contribution in [0.2, 0.25) is 0 Å². The quantitative estimate of drug-likeness (QED) is 0.413. The Kier molecular flexibility index (Phi) is 11.2. The van der Waals surface area contributed by atoms with Crippen molar-refractivity contribution >= 4 is 5.97 Å². The maximum atomic E-state index is 11.9. The van der Waals surface area contributed by atoms with E-state index >= 15 is 0 Å². The zero-order chi connectivity index (χ0) is 13.8. The van der Waals surface area contributed by atoms with Gasteiger partial charge in [-0.1, -0.05) is 46.5 Å². The van der Waals surface area contributed by atoms with E-state index in [0.717, 1.165) is 38.5 Å². The second-order valence-corrected chi connectivity index (χ2v) is 4.83. The van der Waals surface area contributed by atoms with Gasteiger partial charge in [0.1, 0.15) is 6.10 Å². The minimum Gasteiger partial charge on any atom is -0.460 e. The zero-order valence-corrected chi connectivity index (χ0v) is 12.5. The van der Waals surface area contributed by atoms with Crippen molar-refractivity contribution in [1.29, 1.82) is 0 Å². The first-order valence-corrected chi connectivity index (χ1v) is 7.42. The van der Waals surface area contributed by atoms with Gasteiger partial charge in [-0.3, -0.25) is 0 Å². The molecule has 0 spiro atoms. The fraction of sp³-hybridized carbons (Fsp3) is 0.933. The van der Waals surface area contributed by atoms with Crippen LogP contribution in [-0.2, 0) is 14.3 Å². The lowest BCUT2D eigenvalue weighted by Crippen LogP contribution is -2.29. The minimum atomic E-state index is -0.384. The van der Waals surface area contributed by atoms with E-state index in [9.17, 15) is 4.79 Å². The van der Waals surface area contributed by atoms with Crippen LogP contribution in [0.1, 0.15) is 72.1 Å². The Bertz CT molecular complexity index is 204. The van der Waals surface area contributed by atoms with Crippen LogP contribution < -0.4 is 0 Å². The van der Waals surface area contributed by atoms with Gasteiger partial charge in [0.2, 0.25) is 0 Å². The molecule has 0 heterocycles. The maximum Gasteiger partial charge on any atom is 0.335 e. The first-order chi connectivity index (χ1) is 8.69. The lowest BCUT2D eigenvalue weighted by molar-refractivity contribution is -0.162. The molecule has 0 saturated carbocycles. The first-order valence-electron chi connectivity index (χ1n) is 7.42. The molecule has 0 aromatic heterocycles. The summed E-state index contributed by atoms with van der Waals surface area (Å²) in [6.07, 6.45) is 7.90. The number of hydrogen-bond acceptors (Lipinski definition) is 3. The van der Waals surface area contributed by atoms with Gasteiger partial charge in [0.15, 0.2) is 6.10 Å². The van der Waals surface area contributed by atoms with Crippen LogP contribution >= 0.6 is 0 Å². The summed E-state index contributed by atoms with van der Waals surface area (Å²) in [7, 11) is 1.58. The fourth-order valence-electron chi connectivity index (χ4n) is 1.93. The molecule has 3 heteroatoms. The summed E-state index contributed by atoms with van der Waals surface area (Å²) in [5, 5.41) is 0. The lowest BCUT2D eigenvalue weighted by atomic mass is 10.1. The van der Waals surface area contributed by atoms with Crippen LogP contribution in [0.5, 0.6) is 0 Å². The molecule has 18 heavy (non-hydrogen) atoms. The van der Waals surface area contributed by atoms with Crippen molar-refractivity contribution in [3.63, 3.8) is 0 Å². The molecule has 0 aliphatic carbocycles. The van der Waals surface area contributed by atoms with Crippen LogP contribution in [0.4, 0.5) is 0 Å². The van der Waals surface area contributed by atoms with Gasteiger partial charge in [-0.05, 0) is 25.7 Å². The second kappa shape index (κ2) is 11.5. The smallest absolute Gasteiger partial charge is 0.335 e. The topological polar surface area (TPSA) is 35.5 Å². The third-order valence-corrected chi connectivity index (χ3v) is 3.24. The molecule has 0 rings (SSSR count). The van der Waals surface area contributed by atoms with Gasteiger partial charge in [0.25, 0.3) is 0 Å². The molecule has 0 aliphatic heterocycles. The molecule has 0 bridgehead atoms. The lowest BCUT2D eigenvalue weighted by Gasteiger charge is -2.20. The predicted molar refractivity (Wildman–Crippen MR) is 74.6 cm³/mol. The highest BCUT2D eigenvalue weighted by atomic mass is 16.6. The van der Waals surface area contributed by atoms with Gasteiger partial charge < -0.3 is 9.47 Å². The third kappa shape index (κ3) is 7.70. The highest BCUT2D eigenvalue weighted by Gasteiger charge is 2.21. The minimum absolute atomic E-state index is 0.0586. The molecular weight excluding hydrogens is 228 g/mol. The van der Waals surface area contributed by atoms with Crippen molar-refractivity contribution in [3.8, 4) is 0 Å². The highest BCUT2D eigenvalue weighted by Crippen LogP contribution is 2.13.